The van der Waals surface area contributed by atoms with Crippen molar-refractivity contribution in [3.63, 3.8) is 0 Å². The molecule has 4 rings (SSSR count). The van der Waals surface area contributed by atoms with Gasteiger partial charge in [0.15, 0.2) is 11.6 Å². The SMILES string of the molecule is CCCc1ccc(-c2ccc(C=Cc3ccc(-c4ccc(OCC)cc4F)cc3)c(F)c2F)cc1. The lowest BCUT2D eigenvalue weighted by Gasteiger charge is -2.08. The zero-order chi connectivity index (χ0) is 24.8. The highest BCUT2D eigenvalue weighted by molar-refractivity contribution is 5.74. The third-order valence-corrected chi connectivity index (χ3v) is 5.84. The van der Waals surface area contributed by atoms with Gasteiger partial charge < -0.3 is 4.74 Å². The Morgan fingerprint density at radius 2 is 1.34 bits per heavy atom. The summed E-state index contributed by atoms with van der Waals surface area (Å²) in [5.41, 5.74) is 4.20. The summed E-state index contributed by atoms with van der Waals surface area (Å²) in [6, 6.07) is 22.7. The second kappa shape index (κ2) is 11.1. The molecule has 4 aromatic rings. The molecule has 0 fully saturated rings. The van der Waals surface area contributed by atoms with E-state index in [2.05, 4.69) is 6.92 Å². The van der Waals surface area contributed by atoms with Crippen LogP contribution in [-0.4, -0.2) is 6.61 Å². The van der Waals surface area contributed by atoms with Crippen molar-refractivity contribution in [3.05, 3.63) is 113 Å². The van der Waals surface area contributed by atoms with Gasteiger partial charge in [0.25, 0.3) is 0 Å². The van der Waals surface area contributed by atoms with Crippen LogP contribution in [-0.2, 0) is 6.42 Å². The average Bonchev–Trinajstić information content (AvgIpc) is 2.87. The largest absolute Gasteiger partial charge is 0.494 e. The van der Waals surface area contributed by atoms with Crippen molar-refractivity contribution in [2.75, 3.05) is 6.61 Å². The van der Waals surface area contributed by atoms with Crippen LogP contribution >= 0.6 is 0 Å². The van der Waals surface area contributed by atoms with E-state index < -0.39 is 11.6 Å². The molecule has 0 amide bonds. The van der Waals surface area contributed by atoms with E-state index in [-0.39, 0.29) is 16.9 Å². The molecular weight excluding hydrogens is 445 g/mol. The van der Waals surface area contributed by atoms with Crippen LogP contribution in [0.15, 0.2) is 78.9 Å². The molecule has 0 unspecified atom stereocenters. The van der Waals surface area contributed by atoms with Crippen molar-refractivity contribution in [1.82, 2.24) is 0 Å². The van der Waals surface area contributed by atoms with Crippen LogP contribution in [0.5, 0.6) is 5.75 Å². The monoisotopic (exact) mass is 472 g/mol. The van der Waals surface area contributed by atoms with Gasteiger partial charge in [-0.05, 0) is 47.7 Å². The van der Waals surface area contributed by atoms with E-state index in [0.717, 1.165) is 18.4 Å². The van der Waals surface area contributed by atoms with Crippen LogP contribution in [0.4, 0.5) is 13.2 Å². The smallest absolute Gasteiger partial charge is 0.167 e. The minimum Gasteiger partial charge on any atom is -0.494 e. The molecule has 1 nitrogen and oxygen atoms in total. The highest BCUT2D eigenvalue weighted by Gasteiger charge is 2.13. The Hall–Kier alpha value is -3.79. The summed E-state index contributed by atoms with van der Waals surface area (Å²) in [5, 5.41) is 0. The Balaban J connectivity index is 1.51. The molecule has 0 spiro atoms. The molecule has 0 heterocycles. The second-order valence-corrected chi connectivity index (χ2v) is 8.31. The van der Waals surface area contributed by atoms with Gasteiger partial charge in [0.1, 0.15) is 11.6 Å². The number of ether oxygens (including phenoxy) is 1. The van der Waals surface area contributed by atoms with Crippen LogP contribution in [0.25, 0.3) is 34.4 Å². The van der Waals surface area contributed by atoms with E-state index in [9.17, 15) is 13.2 Å². The lowest BCUT2D eigenvalue weighted by molar-refractivity contribution is 0.338. The Labute approximate surface area is 204 Å². The summed E-state index contributed by atoms with van der Waals surface area (Å²) >= 11 is 0. The molecule has 0 saturated carbocycles. The maximum absolute atomic E-state index is 14.8. The van der Waals surface area contributed by atoms with Gasteiger partial charge in [-0.1, -0.05) is 86.2 Å². The number of halogens is 3. The molecule has 0 aliphatic carbocycles. The molecule has 35 heavy (non-hydrogen) atoms. The first kappa shape index (κ1) is 24.3. The molecular formula is C31H27F3O. The molecule has 0 aromatic heterocycles. The summed E-state index contributed by atoms with van der Waals surface area (Å²) in [7, 11) is 0. The van der Waals surface area contributed by atoms with Gasteiger partial charge in [-0.2, -0.15) is 0 Å². The van der Waals surface area contributed by atoms with Crippen molar-refractivity contribution in [2.45, 2.75) is 26.7 Å². The molecule has 4 heteroatoms. The number of hydrogen-bond donors (Lipinski definition) is 0. The first-order valence-electron chi connectivity index (χ1n) is 11.8. The molecule has 0 bridgehead atoms. The Morgan fingerprint density at radius 3 is 2.00 bits per heavy atom. The van der Waals surface area contributed by atoms with E-state index in [1.165, 1.54) is 11.6 Å². The summed E-state index contributed by atoms with van der Waals surface area (Å²) < 4.78 is 49.4. The summed E-state index contributed by atoms with van der Waals surface area (Å²) in [5.74, 6) is -1.62. The summed E-state index contributed by atoms with van der Waals surface area (Å²) in [4.78, 5) is 0. The Bertz CT molecular complexity index is 1320. The van der Waals surface area contributed by atoms with Gasteiger partial charge in [0, 0.05) is 22.8 Å². The highest BCUT2D eigenvalue weighted by Crippen LogP contribution is 2.29. The van der Waals surface area contributed by atoms with E-state index >= 15 is 0 Å². The van der Waals surface area contributed by atoms with Gasteiger partial charge >= 0.3 is 0 Å². The minimum atomic E-state index is -0.885. The first-order valence-corrected chi connectivity index (χ1v) is 11.8. The van der Waals surface area contributed by atoms with Crippen LogP contribution < -0.4 is 4.74 Å². The Morgan fingerprint density at radius 1 is 0.686 bits per heavy atom. The van der Waals surface area contributed by atoms with Gasteiger partial charge in [-0.15, -0.1) is 0 Å². The molecule has 0 atom stereocenters. The van der Waals surface area contributed by atoms with E-state index in [1.807, 2.05) is 43.3 Å². The van der Waals surface area contributed by atoms with Crippen LogP contribution in [0, 0.1) is 17.5 Å². The first-order chi connectivity index (χ1) is 17.0. The third kappa shape index (κ3) is 5.65. The third-order valence-electron chi connectivity index (χ3n) is 5.84. The summed E-state index contributed by atoms with van der Waals surface area (Å²) in [6.07, 6.45) is 5.23. The predicted octanol–water partition coefficient (Wildman–Crippen LogP) is 8.96. The zero-order valence-corrected chi connectivity index (χ0v) is 19.8. The maximum Gasteiger partial charge on any atom is 0.167 e. The number of aryl methyl sites for hydroxylation is 1. The molecule has 4 aromatic carbocycles. The molecule has 0 N–H and O–H groups in total. The fourth-order valence-corrected chi connectivity index (χ4v) is 4.00. The topological polar surface area (TPSA) is 9.23 Å². The number of rotatable bonds is 8. The van der Waals surface area contributed by atoms with Gasteiger partial charge in [0.05, 0.1) is 6.61 Å². The average molecular weight is 473 g/mol. The van der Waals surface area contributed by atoms with E-state index in [0.29, 0.717) is 29.0 Å². The van der Waals surface area contributed by atoms with Gasteiger partial charge in [-0.3, -0.25) is 0 Å². The maximum atomic E-state index is 14.8. The van der Waals surface area contributed by atoms with Crippen molar-refractivity contribution < 1.29 is 17.9 Å². The van der Waals surface area contributed by atoms with Crippen molar-refractivity contribution >= 4 is 12.2 Å². The quantitative estimate of drug-likeness (QED) is 0.233. The Kier molecular flexibility index (Phi) is 7.71. The van der Waals surface area contributed by atoms with E-state index in [1.54, 1.807) is 48.6 Å². The second-order valence-electron chi connectivity index (χ2n) is 8.31. The fraction of sp³-hybridized carbons (Fsp3) is 0.161. The molecule has 0 saturated heterocycles. The molecule has 0 radical (unpaired) electrons. The lowest BCUT2D eigenvalue weighted by Crippen LogP contribution is -1.94. The fourth-order valence-electron chi connectivity index (χ4n) is 4.00. The molecule has 0 aliphatic rings. The zero-order valence-electron chi connectivity index (χ0n) is 19.8. The number of hydrogen-bond acceptors (Lipinski definition) is 1. The highest BCUT2D eigenvalue weighted by atomic mass is 19.2. The van der Waals surface area contributed by atoms with Crippen LogP contribution in [0.2, 0.25) is 0 Å². The minimum absolute atomic E-state index is 0.162. The van der Waals surface area contributed by atoms with Gasteiger partial charge in [0.2, 0.25) is 0 Å². The van der Waals surface area contributed by atoms with E-state index in [4.69, 9.17) is 4.74 Å². The summed E-state index contributed by atoms with van der Waals surface area (Å²) in [6.45, 7) is 4.42. The van der Waals surface area contributed by atoms with Crippen molar-refractivity contribution in [1.29, 1.82) is 0 Å². The van der Waals surface area contributed by atoms with Crippen molar-refractivity contribution in [3.8, 4) is 28.0 Å². The normalized spacial score (nSPS) is 11.2. The van der Waals surface area contributed by atoms with Gasteiger partial charge in [-0.25, -0.2) is 13.2 Å². The number of benzene rings is 4. The van der Waals surface area contributed by atoms with Crippen LogP contribution in [0.3, 0.4) is 0 Å². The standard InChI is InChI=1S/C31H27F3O/c1-3-5-21-6-13-24(14-7-21)28-18-16-25(30(33)31(28)34)15-10-22-8-11-23(12-9-22)27-19-17-26(35-4-2)20-29(27)32/h6-20H,3-5H2,1-2H3. The lowest BCUT2D eigenvalue weighted by atomic mass is 9.99. The molecule has 0 aliphatic heterocycles. The van der Waals surface area contributed by atoms with Crippen LogP contribution in [0.1, 0.15) is 37.0 Å². The predicted molar refractivity (Wildman–Crippen MR) is 138 cm³/mol. The molecule has 178 valence electrons. The van der Waals surface area contributed by atoms with Crippen molar-refractivity contribution in [2.24, 2.45) is 0 Å².